The Morgan fingerprint density at radius 1 is 1.04 bits per heavy atom. The predicted molar refractivity (Wildman–Crippen MR) is 94.6 cm³/mol. The van der Waals surface area contributed by atoms with Crippen LogP contribution < -0.4 is 10.6 Å². The Morgan fingerprint density at radius 3 is 2.36 bits per heavy atom. The molecule has 3 rings (SSSR count). The molecule has 0 aliphatic heterocycles. The van der Waals surface area contributed by atoms with Crippen LogP contribution in [0.15, 0.2) is 48.5 Å². The van der Waals surface area contributed by atoms with Gasteiger partial charge in [0.15, 0.2) is 0 Å². The minimum atomic E-state index is -0.986. The van der Waals surface area contributed by atoms with Crippen LogP contribution in [0.2, 0.25) is 0 Å². The maximum absolute atomic E-state index is 13.6. The van der Waals surface area contributed by atoms with Crippen LogP contribution in [-0.2, 0) is 16.0 Å². The molecule has 5 heteroatoms. The molecule has 0 aromatic heterocycles. The Balaban J connectivity index is 1.55. The molecule has 0 heterocycles. The lowest BCUT2D eigenvalue weighted by Crippen LogP contribution is -2.40. The Kier molecular flexibility index (Phi) is 4.83. The van der Waals surface area contributed by atoms with Crippen LogP contribution in [-0.4, -0.2) is 18.4 Å². The van der Waals surface area contributed by atoms with Crippen molar-refractivity contribution in [3.05, 3.63) is 65.5 Å². The molecule has 0 saturated heterocycles. The monoisotopic (exact) mass is 340 g/mol. The van der Waals surface area contributed by atoms with Crippen LogP contribution in [0.3, 0.4) is 0 Å². The molecule has 1 saturated carbocycles. The van der Waals surface area contributed by atoms with E-state index in [1.54, 1.807) is 18.2 Å². The van der Waals surface area contributed by atoms with Crippen LogP contribution in [0.25, 0.3) is 0 Å². The van der Waals surface area contributed by atoms with Crippen molar-refractivity contribution in [2.24, 2.45) is 5.41 Å². The van der Waals surface area contributed by atoms with E-state index >= 15 is 0 Å². The number of carbonyl (C=O) groups excluding carboxylic acids is 2. The second-order valence-corrected chi connectivity index (χ2v) is 6.50. The standard InChI is InChI=1S/C20H21FN2O2/c1-14-6-8-16(9-7-14)23-19(25)20(11-12-20)18(24)22-13-10-15-4-2-3-5-17(15)21/h2-9H,10-13H2,1H3,(H,22,24)(H,23,25). The normalized spacial score (nSPS) is 14.6. The summed E-state index contributed by atoms with van der Waals surface area (Å²) in [6.45, 7) is 2.27. The van der Waals surface area contributed by atoms with Crippen molar-refractivity contribution in [2.45, 2.75) is 26.2 Å². The van der Waals surface area contributed by atoms with E-state index in [-0.39, 0.29) is 17.6 Å². The van der Waals surface area contributed by atoms with Crippen molar-refractivity contribution in [3.8, 4) is 0 Å². The van der Waals surface area contributed by atoms with Crippen molar-refractivity contribution in [2.75, 3.05) is 11.9 Å². The van der Waals surface area contributed by atoms with Gasteiger partial charge in [-0.3, -0.25) is 9.59 Å². The Morgan fingerprint density at radius 2 is 1.72 bits per heavy atom. The molecule has 0 radical (unpaired) electrons. The summed E-state index contributed by atoms with van der Waals surface area (Å²) in [6.07, 6.45) is 1.47. The number of aryl methyl sites for hydroxylation is 1. The maximum Gasteiger partial charge on any atom is 0.240 e. The topological polar surface area (TPSA) is 58.2 Å². The van der Waals surface area contributed by atoms with Gasteiger partial charge in [-0.2, -0.15) is 0 Å². The van der Waals surface area contributed by atoms with Gasteiger partial charge in [-0.15, -0.1) is 0 Å². The zero-order valence-electron chi connectivity index (χ0n) is 14.1. The molecule has 0 atom stereocenters. The molecule has 0 bridgehead atoms. The van der Waals surface area contributed by atoms with Crippen LogP contribution in [0.1, 0.15) is 24.0 Å². The molecule has 130 valence electrons. The van der Waals surface area contributed by atoms with E-state index in [1.807, 2.05) is 31.2 Å². The van der Waals surface area contributed by atoms with E-state index in [9.17, 15) is 14.0 Å². The third-order valence-corrected chi connectivity index (χ3v) is 4.57. The van der Waals surface area contributed by atoms with E-state index in [4.69, 9.17) is 0 Å². The smallest absolute Gasteiger partial charge is 0.240 e. The Labute approximate surface area is 146 Å². The first-order chi connectivity index (χ1) is 12.0. The van der Waals surface area contributed by atoms with Gasteiger partial charge in [0.2, 0.25) is 11.8 Å². The Bertz CT molecular complexity index is 783. The number of nitrogens with one attached hydrogen (secondary N) is 2. The third-order valence-electron chi connectivity index (χ3n) is 4.57. The van der Waals surface area contributed by atoms with Crippen LogP contribution in [0, 0.1) is 18.2 Å². The van der Waals surface area contributed by atoms with Gasteiger partial charge in [0.25, 0.3) is 0 Å². The SMILES string of the molecule is Cc1ccc(NC(=O)C2(C(=O)NCCc3ccccc3F)CC2)cc1. The summed E-state index contributed by atoms with van der Waals surface area (Å²) in [5.74, 6) is -0.844. The molecule has 2 N–H and O–H groups in total. The number of hydrogen-bond donors (Lipinski definition) is 2. The maximum atomic E-state index is 13.6. The predicted octanol–water partition coefficient (Wildman–Crippen LogP) is 3.21. The highest BCUT2D eigenvalue weighted by atomic mass is 19.1. The largest absolute Gasteiger partial charge is 0.355 e. The number of carbonyl (C=O) groups is 2. The third kappa shape index (κ3) is 3.87. The first-order valence-electron chi connectivity index (χ1n) is 8.41. The second kappa shape index (κ2) is 7.05. The van der Waals surface area contributed by atoms with Crippen LogP contribution in [0.4, 0.5) is 10.1 Å². The molecule has 1 aliphatic rings. The van der Waals surface area contributed by atoms with Crippen molar-refractivity contribution < 1.29 is 14.0 Å². The van der Waals surface area contributed by atoms with Gasteiger partial charge in [-0.05, 0) is 49.9 Å². The number of anilines is 1. The van der Waals surface area contributed by atoms with Gasteiger partial charge < -0.3 is 10.6 Å². The van der Waals surface area contributed by atoms with Crippen molar-refractivity contribution in [3.63, 3.8) is 0 Å². The second-order valence-electron chi connectivity index (χ2n) is 6.50. The molecule has 2 amide bonds. The van der Waals surface area contributed by atoms with Gasteiger partial charge >= 0.3 is 0 Å². The molecule has 0 unspecified atom stereocenters. The van der Waals surface area contributed by atoms with Crippen LogP contribution in [0.5, 0.6) is 0 Å². The van der Waals surface area contributed by atoms with E-state index in [0.717, 1.165) is 5.56 Å². The van der Waals surface area contributed by atoms with E-state index in [2.05, 4.69) is 10.6 Å². The average Bonchev–Trinajstić information content (AvgIpc) is 3.40. The molecule has 1 aliphatic carbocycles. The quantitative estimate of drug-likeness (QED) is 0.794. The van der Waals surface area contributed by atoms with Crippen molar-refractivity contribution >= 4 is 17.5 Å². The van der Waals surface area contributed by atoms with Crippen molar-refractivity contribution in [1.29, 1.82) is 0 Å². The van der Waals surface area contributed by atoms with E-state index in [1.165, 1.54) is 6.07 Å². The van der Waals surface area contributed by atoms with Gasteiger partial charge in [-0.25, -0.2) is 4.39 Å². The van der Waals surface area contributed by atoms with Gasteiger partial charge in [0.05, 0.1) is 0 Å². The highest BCUT2D eigenvalue weighted by Crippen LogP contribution is 2.46. The molecular weight excluding hydrogens is 319 g/mol. The van der Waals surface area contributed by atoms with Gasteiger partial charge in [0, 0.05) is 12.2 Å². The minimum Gasteiger partial charge on any atom is -0.355 e. The molecule has 2 aromatic rings. The first kappa shape index (κ1) is 17.1. The lowest BCUT2D eigenvalue weighted by atomic mass is 10.0. The van der Waals surface area contributed by atoms with Crippen LogP contribution >= 0.6 is 0 Å². The summed E-state index contributed by atoms with van der Waals surface area (Å²) in [5, 5.41) is 5.58. The highest BCUT2D eigenvalue weighted by molar-refractivity contribution is 6.13. The summed E-state index contributed by atoms with van der Waals surface area (Å²) >= 11 is 0. The first-order valence-corrected chi connectivity index (χ1v) is 8.41. The molecule has 4 nitrogen and oxygen atoms in total. The molecule has 2 aromatic carbocycles. The Hall–Kier alpha value is -2.69. The summed E-state index contributed by atoms with van der Waals surface area (Å²) < 4.78 is 13.6. The number of benzene rings is 2. The average molecular weight is 340 g/mol. The summed E-state index contributed by atoms with van der Waals surface area (Å²) in [7, 11) is 0. The summed E-state index contributed by atoms with van der Waals surface area (Å²) in [5.41, 5.74) is 1.35. The summed E-state index contributed by atoms with van der Waals surface area (Å²) in [4.78, 5) is 24.9. The minimum absolute atomic E-state index is 0.278. The number of rotatable bonds is 6. The lowest BCUT2D eigenvalue weighted by molar-refractivity contribution is -0.134. The fraction of sp³-hybridized carbons (Fsp3) is 0.300. The molecule has 25 heavy (non-hydrogen) atoms. The van der Waals surface area contributed by atoms with E-state index in [0.29, 0.717) is 37.1 Å². The zero-order valence-corrected chi connectivity index (χ0v) is 14.1. The highest BCUT2D eigenvalue weighted by Gasteiger charge is 2.56. The molecular formula is C20H21FN2O2. The summed E-state index contributed by atoms with van der Waals surface area (Å²) in [6, 6.07) is 13.9. The van der Waals surface area contributed by atoms with Gasteiger partial charge in [0.1, 0.15) is 11.2 Å². The van der Waals surface area contributed by atoms with Crippen molar-refractivity contribution in [1.82, 2.24) is 5.32 Å². The fourth-order valence-corrected chi connectivity index (χ4v) is 2.75. The molecule has 1 fully saturated rings. The number of hydrogen-bond acceptors (Lipinski definition) is 2. The zero-order chi connectivity index (χ0) is 17.9. The molecule has 0 spiro atoms. The number of amides is 2. The van der Waals surface area contributed by atoms with Gasteiger partial charge in [-0.1, -0.05) is 35.9 Å². The van der Waals surface area contributed by atoms with E-state index < -0.39 is 5.41 Å². The number of halogens is 1. The fourth-order valence-electron chi connectivity index (χ4n) is 2.75. The lowest BCUT2D eigenvalue weighted by Gasteiger charge is -2.15.